The Morgan fingerprint density at radius 1 is 1.26 bits per heavy atom. The predicted octanol–water partition coefficient (Wildman–Crippen LogP) is 3.98. The Hall–Kier alpha value is -3.19. The van der Waals surface area contributed by atoms with Crippen molar-refractivity contribution in [3.63, 3.8) is 0 Å². The number of carbonyl (C=O) groups excluding carboxylic acids is 2. The zero-order valence-corrected chi connectivity index (χ0v) is 15.5. The van der Waals surface area contributed by atoms with E-state index in [0.29, 0.717) is 16.5 Å². The summed E-state index contributed by atoms with van der Waals surface area (Å²) in [6.07, 6.45) is 4.52. The molecule has 0 bridgehead atoms. The molecule has 0 aliphatic carbocycles. The molecule has 2 heterocycles. The minimum Gasteiger partial charge on any atom is -0.465 e. The maximum atomic E-state index is 12.2. The molecule has 6 nitrogen and oxygen atoms in total. The van der Waals surface area contributed by atoms with E-state index in [-0.39, 0.29) is 18.9 Å². The fraction of sp³-hybridized carbons (Fsp3) is 0.150. The molecule has 0 atom stereocenters. The first-order chi connectivity index (χ1) is 13.1. The number of hydrogen-bond donors (Lipinski definition) is 1. The van der Waals surface area contributed by atoms with Gasteiger partial charge in [-0.05, 0) is 36.8 Å². The van der Waals surface area contributed by atoms with E-state index in [9.17, 15) is 9.59 Å². The van der Waals surface area contributed by atoms with Gasteiger partial charge in [0.1, 0.15) is 17.4 Å². The average Bonchev–Trinajstić information content (AvgIpc) is 3.32. The second-order valence-electron chi connectivity index (χ2n) is 5.73. The highest BCUT2D eigenvalue weighted by Crippen LogP contribution is 2.16. The molecule has 0 unspecified atom stereocenters. The largest absolute Gasteiger partial charge is 0.465 e. The fourth-order valence-electron chi connectivity index (χ4n) is 2.27. The maximum absolute atomic E-state index is 12.2. The average molecular weight is 382 g/mol. The lowest BCUT2D eigenvalue weighted by molar-refractivity contribution is -0.139. The molecular weight excluding hydrogens is 364 g/mol. The molecule has 1 aromatic carbocycles. The van der Waals surface area contributed by atoms with E-state index in [4.69, 9.17) is 9.15 Å². The Kier molecular flexibility index (Phi) is 6.17. The fourth-order valence-corrected chi connectivity index (χ4v) is 3.05. The summed E-state index contributed by atoms with van der Waals surface area (Å²) in [5.74, 6) is -0.0515. The number of ether oxygens (including phenoxy) is 1. The van der Waals surface area contributed by atoms with Crippen LogP contribution >= 0.6 is 11.3 Å². The van der Waals surface area contributed by atoms with Crippen LogP contribution < -0.4 is 5.32 Å². The smallest absolute Gasteiger partial charge is 0.331 e. The Labute approximate surface area is 160 Å². The summed E-state index contributed by atoms with van der Waals surface area (Å²) in [6.45, 7) is 1.99. The van der Waals surface area contributed by atoms with Crippen molar-refractivity contribution in [1.29, 1.82) is 0 Å². The van der Waals surface area contributed by atoms with Crippen molar-refractivity contribution >= 4 is 35.0 Å². The van der Waals surface area contributed by atoms with Crippen LogP contribution in [0.5, 0.6) is 0 Å². The molecule has 0 aliphatic rings. The zero-order chi connectivity index (χ0) is 19.1. The van der Waals surface area contributed by atoms with E-state index in [0.717, 1.165) is 11.3 Å². The van der Waals surface area contributed by atoms with Gasteiger partial charge in [-0.1, -0.05) is 18.2 Å². The maximum Gasteiger partial charge on any atom is 0.331 e. The number of rotatable bonds is 7. The molecule has 3 aromatic rings. The van der Waals surface area contributed by atoms with Gasteiger partial charge < -0.3 is 14.5 Å². The van der Waals surface area contributed by atoms with Crippen molar-refractivity contribution in [1.82, 2.24) is 4.98 Å². The van der Waals surface area contributed by atoms with E-state index in [2.05, 4.69) is 10.3 Å². The second kappa shape index (κ2) is 8.95. The molecule has 0 spiro atoms. The number of anilines is 1. The third kappa shape index (κ3) is 5.65. The predicted molar refractivity (Wildman–Crippen MR) is 103 cm³/mol. The summed E-state index contributed by atoms with van der Waals surface area (Å²) in [5.41, 5.74) is 2.40. The number of aromatic nitrogens is 1. The van der Waals surface area contributed by atoms with Gasteiger partial charge in [0, 0.05) is 17.1 Å². The third-order valence-electron chi connectivity index (χ3n) is 3.62. The molecule has 0 aliphatic heterocycles. The Balaban J connectivity index is 1.47. The van der Waals surface area contributed by atoms with E-state index >= 15 is 0 Å². The monoisotopic (exact) mass is 382 g/mol. The van der Waals surface area contributed by atoms with Crippen molar-refractivity contribution < 1.29 is 18.7 Å². The number of nitrogens with zero attached hydrogens (tertiary/aromatic N) is 1. The summed E-state index contributed by atoms with van der Waals surface area (Å²) < 4.78 is 10.2. The standard InChI is InChI=1S/C20H18N2O4S/c1-14-5-2-3-7-17(14)22-18(23)11-19-21-15(13-27-19)12-26-20(24)9-8-16-6-4-10-25-16/h2-10,13H,11-12H2,1H3,(H,22,23). The normalized spacial score (nSPS) is 10.9. The molecule has 27 heavy (non-hydrogen) atoms. The number of thiazole rings is 1. The lowest BCUT2D eigenvalue weighted by Crippen LogP contribution is -2.15. The Bertz CT molecular complexity index is 945. The molecular formula is C20H18N2O4S. The number of aryl methyl sites for hydroxylation is 1. The molecule has 3 rings (SSSR count). The topological polar surface area (TPSA) is 81.4 Å². The number of amides is 1. The summed E-state index contributed by atoms with van der Waals surface area (Å²) in [5, 5.41) is 5.32. The molecule has 7 heteroatoms. The second-order valence-corrected chi connectivity index (χ2v) is 6.67. The molecule has 138 valence electrons. The molecule has 0 fully saturated rings. The first kappa shape index (κ1) is 18.6. The van der Waals surface area contributed by atoms with E-state index in [1.807, 2.05) is 31.2 Å². The van der Waals surface area contributed by atoms with Crippen LogP contribution in [0.3, 0.4) is 0 Å². The number of nitrogens with one attached hydrogen (secondary N) is 1. The van der Waals surface area contributed by atoms with Gasteiger partial charge in [0.2, 0.25) is 5.91 Å². The number of para-hydroxylation sites is 1. The van der Waals surface area contributed by atoms with E-state index in [1.54, 1.807) is 17.5 Å². The van der Waals surface area contributed by atoms with Gasteiger partial charge in [0.25, 0.3) is 0 Å². The summed E-state index contributed by atoms with van der Waals surface area (Å²) in [7, 11) is 0. The van der Waals surface area contributed by atoms with Crippen molar-refractivity contribution in [3.8, 4) is 0 Å². The van der Waals surface area contributed by atoms with Crippen LogP contribution in [-0.4, -0.2) is 16.9 Å². The third-order valence-corrected chi connectivity index (χ3v) is 4.52. The van der Waals surface area contributed by atoms with Gasteiger partial charge in [-0.15, -0.1) is 11.3 Å². The number of esters is 1. The Morgan fingerprint density at radius 3 is 2.89 bits per heavy atom. The first-order valence-electron chi connectivity index (χ1n) is 8.27. The first-order valence-corrected chi connectivity index (χ1v) is 9.15. The van der Waals surface area contributed by atoms with Crippen molar-refractivity contribution in [3.05, 3.63) is 76.1 Å². The van der Waals surface area contributed by atoms with Gasteiger partial charge in [0.05, 0.1) is 18.4 Å². The van der Waals surface area contributed by atoms with Crippen LogP contribution in [0.1, 0.15) is 22.0 Å². The van der Waals surface area contributed by atoms with Crippen molar-refractivity contribution in [2.24, 2.45) is 0 Å². The van der Waals surface area contributed by atoms with Crippen molar-refractivity contribution in [2.75, 3.05) is 5.32 Å². The van der Waals surface area contributed by atoms with Gasteiger partial charge in [0.15, 0.2) is 0 Å². The highest BCUT2D eigenvalue weighted by atomic mass is 32.1. The number of carbonyl (C=O) groups is 2. The molecule has 0 saturated carbocycles. The van der Waals surface area contributed by atoms with Gasteiger partial charge >= 0.3 is 5.97 Å². The highest BCUT2D eigenvalue weighted by Gasteiger charge is 2.10. The van der Waals surface area contributed by atoms with Crippen LogP contribution in [0.25, 0.3) is 6.08 Å². The summed E-state index contributed by atoms with van der Waals surface area (Å²) in [4.78, 5) is 28.2. The number of furan rings is 1. The Morgan fingerprint density at radius 2 is 2.11 bits per heavy atom. The number of benzene rings is 1. The minimum absolute atomic E-state index is 0.0528. The van der Waals surface area contributed by atoms with E-state index in [1.165, 1.54) is 29.8 Å². The van der Waals surface area contributed by atoms with Crippen LogP contribution in [-0.2, 0) is 27.4 Å². The van der Waals surface area contributed by atoms with Gasteiger partial charge in [-0.25, -0.2) is 9.78 Å². The quantitative estimate of drug-likeness (QED) is 0.494. The zero-order valence-electron chi connectivity index (χ0n) is 14.7. The number of hydrogen-bond acceptors (Lipinski definition) is 6. The summed E-state index contributed by atoms with van der Waals surface area (Å²) in [6, 6.07) is 11.1. The van der Waals surface area contributed by atoms with Gasteiger partial charge in [-0.3, -0.25) is 4.79 Å². The minimum atomic E-state index is -0.488. The van der Waals surface area contributed by atoms with Gasteiger partial charge in [-0.2, -0.15) is 0 Å². The molecule has 0 saturated heterocycles. The van der Waals surface area contributed by atoms with Crippen molar-refractivity contribution in [2.45, 2.75) is 20.0 Å². The van der Waals surface area contributed by atoms with Crippen LogP contribution in [0.15, 0.2) is 58.5 Å². The van der Waals surface area contributed by atoms with Crippen LogP contribution in [0, 0.1) is 6.92 Å². The van der Waals surface area contributed by atoms with E-state index < -0.39 is 5.97 Å². The molecule has 0 radical (unpaired) electrons. The lowest BCUT2D eigenvalue weighted by atomic mass is 10.2. The lowest BCUT2D eigenvalue weighted by Gasteiger charge is -2.06. The SMILES string of the molecule is Cc1ccccc1NC(=O)Cc1nc(COC(=O)C=Cc2ccco2)cs1. The molecule has 2 aromatic heterocycles. The summed E-state index contributed by atoms with van der Waals surface area (Å²) >= 11 is 1.36. The van der Waals surface area contributed by atoms with Crippen LogP contribution in [0.2, 0.25) is 0 Å². The molecule has 1 N–H and O–H groups in total. The van der Waals surface area contributed by atoms with Crippen LogP contribution in [0.4, 0.5) is 5.69 Å². The molecule has 1 amide bonds. The highest BCUT2D eigenvalue weighted by molar-refractivity contribution is 7.09.